The van der Waals surface area contributed by atoms with Crippen LogP contribution in [0.15, 0.2) is 18.2 Å². The largest absolute Gasteiger partial charge is 0.246 e. The third kappa shape index (κ3) is 1.61. The Labute approximate surface area is 68.6 Å². The van der Waals surface area contributed by atoms with E-state index in [0.29, 0.717) is 15.6 Å². The van der Waals surface area contributed by atoms with Crippen molar-refractivity contribution >= 4 is 23.2 Å². The number of hydrogen-bond acceptors (Lipinski definition) is 0. The van der Waals surface area contributed by atoms with Crippen LogP contribution in [0, 0.1) is 0 Å². The highest BCUT2D eigenvalue weighted by Crippen LogP contribution is 2.21. The Bertz CT molecular complexity index is 235. The van der Waals surface area contributed by atoms with Crippen molar-refractivity contribution in [2.45, 2.75) is 6.67 Å². The third-order valence-electron chi connectivity index (χ3n) is 1.16. The molecular formula is C7H5Cl2F. The van der Waals surface area contributed by atoms with Crippen molar-refractivity contribution < 1.29 is 4.39 Å². The third-order valence-corrected chi connectivity index (χ3v) is 1.75. The number of benzene rings is 1. The predicted octanol–water partition coefficient (Wildman–Crippen LogP) is 3.46. The van der Waals surface area contributed by atoms with E-state index in [-0.39, 0.29) is 0 Å². The summed E-state index contributed by atoms with van der Waals surface area (Å²) in [6.07, 6.45) is 0. The topological polar surface area (TPSA) is 0 Å². The highest BCUT2D eigenvalue weighted by atomic mass is 35.5. The SMILES string of the molecule is FCc1ccc(Cl)cc1Cl. The van der Waals surface area contributed by atoms with Crippen LogP contribution in [0.4, 0.5) is 4.39 Å². The summed E-state index contributed by atoms with van der Waals surface area (Å²) in [7, 11) is 0. The molecule has 0 heterocycles. The van der Waals surface area contributed by atoms with Crippen molar-refractivity contribution in [3.05, 3.63) is 33.8 Å². The van der Waals surface area contributed by atoms with Gasteiger partial charge in [-0.3, -0.25) is 0 Å². The summed E-state index contributed by atoms with van der Waals surface area (Å²) in [5, 5.41) is 0.914. The van der Waals surface area contributed by atoms with Crippen molar-refractivity contribution in [3.63, 3.8) is 0 Å². The highest BCUT2D eigenvalue weighted by Gasteiger charge is 1.98. The first kappa shape index (κ1) is 7.83. The van der Waals surface area contributed by atoms with Gasteiger partial charge < -0.3 is 0 Å². The molecule has 1 aromatic carbocycles. The Kier molecular flexibility index (Phi) is 2.52. The van der Waals surface area contributed by atoms with E-state index in [0.717, 1.165) is 0 Å². The smallest absolute Gasteiger partial charge is 0.116 e. The van der Waals surface area contributed by atoms with E-state index in [4.69, 9.17) is 23.2 Å². The summed E-state index contributed by atoms with van der Waals surface area (Å²) < 4.78 is 12.0. The highest BCUT2D eigenvalue weighted by molar-refractivity contribution is 6.35. The molecule has 0 nitrogen and oxygen atoms in total. The molecule has 1 aromatic rings. The van der Waals surface area contributed by atoms with Crippen molar-refractivity contribution in [2.24, 2.45) is 0 Å². The zero-order chi connectivity index (χ0) is 7.56. The first-order chi connectivity index (χ1) is 4.74. The number of halogens is 3. The van der Waals surface area contributed by atoms with Gasteiger partial charge in [0.15, 0.2) is 0 Å². The second-order valence-corrected chi connectivity index (χ2v) is 2.71. The van der Waals surface area contributed by atoms with Crippen LogP contribution in [-0.2, 0) is 6.67 Å². The van der Waals surface area contributed by atoms with Crippen molar-refractivity contribution in [2.75, 3.05) is 0 Å². The minimum Gasteiger partial charge on any atom is -0.246 e. The summed E-state index contributed by atoms with van der Waals surface area (Å²) in [4.78, 5) is 0. The molecule has 1 rings (SSSR count). The van der Waals surface area contributed by atoms with E-state index in [1.807, 2.05) is 0 Å². The molecule has 0 unspecified atom stereocenters. The molecule has 0 aromatic heterocycles. The summed E-state index contributed by atoms with van der Waals surface area (Å²) in [5.41, 5.74) is 0.478. The molecule has 3 heteroatoms. The molecule has 0 bridgehead atoms. The first-order valence-corrected chi connectivity index (χ1v) is 3.49. The summed E-state index contributed by atoms with van der Waals surface area (Å²) in [6, 6.07) is 4.71. The minimum absolute atomic E-state index is 0.384. The van der Waals surface area contributed by atoms with Gasteiger partial charge in [-0.15, -0.1) is 0 Å². The molecule has 0 aliphatic rings. The lowest BCUT2D eigenvalue weighted by atomic mass is 10.2. The van der Waals surface area contributed by atoms with Crippen LogP contribution in [0.3, 0.4) is 0 Å². The van der Waals surface area contributed by atoms with Crippen LogP contribution in [-0.4, -0.2) is 0 Å². The molecule has 54 valence electrons. The van der Waals surface area contributed by atoms with Crippen LogP contribution in [0.25, 0.3) is 0 Å². The van der Waals surface area contributed by atoms with Crippen LogP contribution in [0.1, 0.15) is 5.56 Å². The Hall–Kier alpha value is -0.270. The van der Waals surface area contributed by atoms with Crippen LogP contribution < -0.4 is 0 Å². The second-order valence-electron chi connectivity index (χ2n) is 1.87. The van der Waals surface area contributed by atoms with Crippen LogP contribution in [0.2, 0.25) is 10.0 Å². The fourth-order valence-electron chi connectivity index (χ4n) is 0.630. The fraction of sp³-hybridized carbons (Fsp3) is 0.143. The number of hydrogen-bond donors (Lipinski definition) is 0. The van der Waals surface area contributed by atoms with E-state index < -0.39 is 6.67 Å². The molecule has 10 heavy (non-hydrogen) atoms. The zero-order valence-electron chi connectivity index (χ0n) is 5.07. The molecule has 0 aliphatic heterocycles. The fourth-order valence-corrected chi connectivity index (χ4v) is 1.09. The minimum atomic E-state index is -0.546. The Balaban J connectivity index is 3.07. The Morgan fingerprint density at radius 1 is 1.30 bits per heavy atom. The van der Waals surface area contributed by atoms with Crippen molar-refractivity contribution in [3.8, 4) is 0 Å². The molecule has 0 radical (unpaired) electrons. The van der Waals surface area contributed by atoms with Crippen molar-refractivity contribution in [1.82, 2.24) is 0 Å². The summed E-state index contributed by atoms with van der Waals surface area (Å²) in [5.74, 6) is 0. The molecule has 0 saturated heterocycles. The van der Waals surface area contributed by atoms with Crippen molar-refractivity contribution in [1.29, 1.82) is 0 Å². The van der Waals surface area contributed by atoms with Gasteiger partial charge in [-0.05, 0) is 12.1 Å². The van der Waals surface area contributed by atoms with Gasteiger partial charge in [-0.25, -0.2) is 4.39 Å². The quantitative estimate of drug-likeness (QED) is 0.619. The molecule has 0 aliphatic carbocycles. The molecular weight excluding hydrogens is 174 g/mol. The maximum Gasteiger partial charge on any atom is 0.116 e. The van der Waals surface area contributed by atoms with E-state index in [2.05, 4.69) is 0 Å². The number of rotatable bonds is 1. The van der Waals surface area contributed by atoms with Crippen LogP contribution >= 0.6 is 23.2 Å². The van der Waals surface area contributed by atoms with E-state index in [1.54, 1.807) is 12.1 Å². The maximum absolute atomic E-state index is 12.0. The van der Waals surface area contributed by atoms with Gasteiger partial charge in [0, 0.05) is 15.6 Å². The van der Waals surface area contributed by atoms with E-state index in [9.17, 15) is 4.39 Å². The monoisotopic (exact) mass is 178 g/mol. The maximum atomic E-state index is 12.0. The van der Waals surface area contributed by atoms with E-state index in [1.165, 1.54) is 6.07 Å². The molecule has 0 saturated carbocycles. The van der Waals surface area contributed by atoms with E-state index >= 15 is 0 Å². The molecule has 0 atom stereocenters. The predicted molar refractivity (Wildman–Crippen MR) is 41.3 cm³/mol. The summed E-state index contributed by atoms with van der Waals surface area (Å²) >= 11 is 11.2. The summed E-state index contributed by atoms with van der Waals surface area (Å²) in [6.45, 7) is -0.546. The average molecular weight is 179 g/mol. The standard InChI is InChI=1S/C7H5Cl2F/c8-6-2-1-5(4-10)7(9)3-6/h1-3H,4H2. The molecule has 0 N–H and O–H groups in total. The lowest BCUT2D eigenvalue weighted by Gasteiger charge is -1.97. The average Bonchev–Trinajstić information content (AvgIpc) is 1.88. The van der Waals surface area contributed by atoms with Gasteiger partial charge in [0.25, 0.3) is 0 Å². The molecule has 0 amide bonds. The Morgan fingerprint density at radius 2 is 2.00 bits per heavy atom. The lowest BCUT2D eigenvalue weighted by Crippen LogP contribution is -1.78. The number of alkyl halides is 1. The van der Waals surface area contributed by atoms with Gasteiger partial charge in [0.1, 0.15) is 6.67 Å². The van der Waals surface area contributed by atoms with Gasteiger partial charge >= 0.3 is 0 Å². The molecule has 0 spiro atoms. The zero-order valence-corrected chi connectivity index (χ0v) is 6.58. The second kappa shape index (κ2) is 3.22. The Morgan fingerprint density at radius 3 is 2.50 bits per heavy atom. The lowest BCUT2D eigenvalue weighted by molar-refractivity contribution is 0.485. The first-order valence-electron chi connectivity index (χ1n) is 2.74. The van der Waals surface area contributed by atoms with Crippen LogP contribution in [0.5, 0.6) is 0 Å². The van der Waals surface area contributed by atoms with Gasteiger partial charge in [-0.1, -0.05) is 29.3 Å². The normalized spacial score (nSPS) is 9.90. The molecule has 0 fully saturated rings. The van der Waals surface area contributed by atoms with Gasteiger partial charge in [0.2, 0.25) is 0 Å². The van der Waals surface area contributed by atoms with Gasteiger partial charge in [-0.2, -0.15) is 0 Å². The van der Waals surface area contributed by atoms with Gasteiger partial charge in [0.05, 0.1) is 0 Å².